The van der Waals surface area contributed by atoms with Gasteiger partial charge in [-0.25, -0.2) is 13.4 Å². The fraction of sp³-hybridized carbons (Fsp3) is 0.400. The molecule has 5 nitrogen and oxygen atoms in total. The molecule has 0 unspecified atom stereocenters. The van der Waals surface area contributed by atoms with Gasteiger partial charge in [0, 0.05) is 19.0 Å². The highest BCUT2D eigenvalue weighted by Gasteiger charge is 2.09. The Kier molecular flexibility index (Phi) is 5.37. The van der Waals surface area contributed by atoms with Gasteiger partial charge in [0.25, 0.3) is 5.91 Å². The maximum Gasteiger partial charge on any atom is 0.252 e. The second-order valence-electron chi connectivity index (χ2n) is 3.74. The fourth-order valence-electron chi connectivity index (χ4n) is 1.18. The minimum Gasteiger partial charge on any atom is -0.352 e. The summed E-state index contributed by atoms with van der Waals surface area (Å²) in [5.41, 5.74) is 0.281. The highest BCUT2D eigenvalue weighted by molar-refractivity contribution is 7.90. The second-order valence-corrected chi connectivity index (χ2v) is 6.76. The number of carbonyl (C=O) groups excluding carboxylic acids is 1. The number of rotatable bonds is 5. The average molecular weight is 311 g/mol. The summed E-state index contributed by atoms with van der Waals surface area (Å²) in [6, 6.07) is 1.41. The zero-order valence-electron chi connectivity index (χ0n) is 9.61. The molecule has 0 aromatic carbocycles. The SMILES string of the molecule is CS(=O)(=O)CCCNC(=O)c1cnc(Cl)c(Cl)c1. The van der Waals surface area contributed by atoms with Gasteiger partial charge in [-0.2, -0.15) is 0 Å². The normalized spacial score (nSPS) is 11.3. The van der Waals surface area contributed by atoms with E-state index in [-0.39, 0.29) is 33.9 Å². The Morgan fingerprint density at radius 1 is 1.44 bits per heavy atom. The van der Waals surface area contributed by atoms with Crippen molar-refractivity contribution in [1.29, 1.82) is 0 Å². The highest BCUT2D eigenvalue weighted by Crippen LogP contribution is 2.19. The van der Waals surface area contributed by atoms with Gasteiger partial charge in [-0.05, 0) is 12.5 Å². The first-order valence-corrected chi connectivity index (χ1v) is 7.88. The van der Waals surface area contributed by atoms with Crippen LogP contribution in [0.1, 0.15) is 16.8 Å². The first-order valence-electron chi connectivity index (χ1n) is 5.06. The lowest BCUT2D eigenvalue weighted by Crippen LogP contribution is -2.26. The summed E-state index contributed by atoms with van der Waals surface area (Å²) in [5, 5.41) is 2.90. The number of hydrogen-bond donors (Lipinski definition) is 1. The molecule has 0 saturated carbocycles. The van der Waals surface area contributed by atoms with E-state index in [0.717, 1.165) is 6.26 Å². The van der Waals surface area contributed by atoms with E-state index in [0.29, 0.717) is 6.42 Å². The van der Waals surface area contributed by atoms with E-state index in [9.17, 15) is 13.2 Å². The summed E-state index contributed by atoms with van der Waals surface area (Å²) in [5.74, 6) is -0.332. The van der Waals surface area contributed by atoms with Gasteiger partial charge < -0.3 is 5.32 Å². The molecular weight excluding hydrogens is 299 g/mol. The molecule has 1 aromatic rings. The monoisotopic (exact) mass is 310 g/mol. The van der Waals surface area contributed by atoms with Gasteiger partial charge in [-0.3, -0.25) is 4.79 Å². The van der Waals surface area contributed by atoms with E-state index < -0.39 is 9.84 Å². The number of nitrogens with zero attached hydrogens (tertiary/aromatic N) is 1. The smallest absolute Gasteiger partial charge is 0.252 e. The third-order valence-corrected chi connectivity index (χ3v) is 3.75. The summed E-state index contributed by atoms with van der Waals surface area (Å²) in [7, 11) is -3.00. The first kappa shape index (κ1) is 15.2. The fourth-order valence-corrected chi connectivity index (χ4v) is 2.12. The molecule has 1 rings (SSSR count). The zero-order valence-corrected chi connectivity index (χ0v) is 11.9. The van der Waals surface area contributed by atoms with E-state index in [4.69, 9.17) is 23.2 Å². The lowest BCUT2D eigenvalue weighted by Gasteiger charge is -2.05. The minimum absolute atomic E-state index is 0.0346. The van der Waals surface area contributed by atoms with Crippen LogP contribution in [0.3, 0.4) is 0 Å². The third-order valence-electron chi connectivity index (χ3n) is 2.04. The molecule has 0 fully saturated rings. The van der Waals surface area contributed by atoms with Crippen LogP contribution in [-0.4, -0.2) is 37.9 Å². The Morgan fingerprint density at radius 2 is 2.11 bits per heavy atom. The molecule has 1 N–H and O–H groups in total. The van der Waals surface area contributed by atoms with E-state index in [1.807, 2.05) is 0 Å². The quantitative estimate of drug-likeness (QED) is 0.661. The molecule has 8 heteroatoms. The predicted octanol–water partition coefficient (Wildman–Crippen LogP) is 1.55. The van der Waals surface area contributed by atoms with Crippen LogP contribution < -0.4 is 5.32 Å². The lowest BCUT2D eigenvalue weighted by molar-refractivity contribution is 0.0953. The molecule has 18 heavy (non-hydrogen) atoms. The minimum atomic E-state index is -3.00. The topological polar surface area (TPSA) is 76.1 Å². The number of hydrogen-bond acceptors (Lipinski definition) is 4. The Morgan fingerprint density at radius 3 is 2.67 bits per heavy atom. The van der Waals surface area contributed by atoms with Crippen LogP contribution in [0.25, 0.3) is 0 Å². The van der Waals surface area contributed by atoms with Gasteiger partial charge in [0.2, 0.25) is 0 Å². The molecule has 1 aromatic heterocycles. The third kappa shape index (κ3) is 5.20. The summed E-state index contributed by atoms with van der Waals surface area (Å²) < 4.78 is 21.7. The second kappa shape index (κ2) is 6.36. The van der Waals surface area contributed by atoms with Crippen molar-refractivity contribution in [2.24, 2.45) is 0 Å². The van der Waals surface area contributed by atoms with Crippen LogP contribution in [0.5, 0.6) is 0 Å². The van der Waals surface area contributed by atoms with E-state index in [1.165, 1.54) is 12.3 Å². The summed E-state index contributed by atoms with van der Waals surface area (Å²) in [4.78, 5) is 15.4. The molecule has 0 aliphatic heterocycles. The Labute approximate surface area is 115 Å². The van der Waals surface area contributed by atoms with Crippen molar-refractivity contribution in [1.82, 2.24) is 10.3 Å². The molecule has 0 bridgehead atoms. The molecular formula is C10H12Cl2N2O3S. The summed E-state index contributed by atoms with van der Waals surface area (Å²) in [6.45, 7) is 0.270. The molecule has 0 saturated heterocycles. The van der Waals surface area contributed by atoms with Crippen LogP contribution in [0.15, 0.2) is 12.3 Å². The van der Waals surface area contributed by atoms with Gasteiger partial charge in [0.1, 0.15) is 15.0 Å². The van der Waals surface area contributed by atoms with Crippen molar-refractivity contribution in [3.05, 3.63) is 28.0 Å². The molecule has 0 aliphatic carbocycles. The lowest BCUT2D eigenvalue weighted by atomic mass is 10.2. The standard InChI is InChI=1S/C10H12Cl2N2O3S/c1-18(16,17)4-2-3-13-10(15)7-5-8(11)9(12)14-6-7/h5-6H,2-4H2,1H3,(H,13,15). The van der Waals surface area contributed by atoms with Gasteiger partial charge in [-0.1, -0.05) is 23.2 Å². The Balaban J connectivity index is 2.48. The largest absolute Gasteiger partial charge is 0.352 e. The van der Waals surface area contributed by atoms with E-state index >= 15 is 0 Å². The van der Waals surface area contributed by atoms with Crippen LogP contribution in [-0.2, 0) is 9.84 Å². The Hall–Kier alpha value is -0.850. The number of pyridine rings is 1. The molecule has 1 amide bonds. The maximum atomic E-state index is 11.6. The zero-order chi connectivity index (χ0) is 13.8. The molecule has 100 valence electrons. The average Bonchev–Trinajstić information content (AvgIpc) is 2.26. The molecule has 1 heterocycles. The molecule has 0 atom stereocenters. The first-order chi connectivity index (χ1) is 8.29. The number of sulfone groups is 1. The van der Waals surface area contributed by atoms with Gasteiger partial charge in [0.05, 0.1) is 16.3 Å². The van der Waals surface area contributed by atoms with Gasteiger partial charge >= 0.3 is 0 Å². The summed E-state index contributed by atoms with van der Waals surface area (Å²) in [6.07, 6.45) is 2.82. The van der Waals surface area contributed by atoms with Crippen molar-refractivity contribution >= 4 is 38.9 Å². The van der Waals surface area contributed by atoms with E-state index in [1.54, 1.807) is 0 Å². The van der Waals surface area contributed by atoms with Crippen LogP contribution in [0, 0.1) is 0 Å². The van der Waals surface area contributed by atoms with Crippen LogP contribution in [0.4, 0.5) is 0 Å². The van der Waals surface area contributed by atoms with Crippen LogP contribution >= 0.6 is 23.2 Å². The van der Waals surface area contributed by atoms with Crippen molar-refractivity contribution in [2.75, 3.05) is 18.6 Å². The maximum absolute atomic E-state index is 11.6. The van der Waals surface area contributed by atoms with E-state index in [2.05, 4.69) is 10.3 Å². The Bertz CT molecular complexity index is 546. The van der Waals surface area contributed by atoms with Crippen molar-refractivity contribution in [3.63, 3.8) is 0 Å². The molecule has 0 spiro atoms. The van der Waals surface area contributed by atoms with Gasteiger partial charge in [-0.15, -0.1) is 0 Å². The number of amides is 1. The van der Waals surface area contributed by atoms with Gasteiger partial charge in [0.15, 0.2) is 0 Å². The van der Waals surface area contributed by atoms with Crippen molar-refractivity contribution in [3.8, 4) is 0 Å². The number of aromatic nitrogens is 1. The van der Waals surface area contributed by atoms with Crippen molar-refractivity contribution < 1.29 is 13.2 Å². The number of halogens is 2. The predicted molar refractivity (Wildman–Crippen MR) is 70.9 cm³/mol. The highest BCUT2D eigenvalue weighted by atomic mass is 35.5. The number of carbonyl (C=O) groups is 1. The van der Waals surface area contributed by atoms with Crippen LogP contribution in [0.2, 0.25) is 10.2 Å². The summed E-state index contributed by atoms with van der Waals surface area (Å²) >= 11 is 11.3. The number of nitrogens with one attached hydrogen (secondary N) is 1. The van der Waals surface area contributed by atoms with Crippen molar-refractivity contribution in [2.45, 2.75) is 6.42 Å². The molecule has 0 radical (unpaired) electrons. The molecule has 0 aliphatic rings.